The lowest BCUT2D eigenvalue weighted by Gasteiger charge is -2.27. The Bertz CT molecular complexity index is 459. The second-order valence-corrected chi connectivity index (χ2v) is 5.53. The van der Waals surface area contributed by atoms with Gasteiger partial charge in [0.05, 0.1) is 0 Å². The molecule has 0 atom stereocenters. The quantitative estimate of drug-likeness (QED) is 0.904. The van der Waals surface area contributed by atoms with E-state index in [9.17, 15) is 0 Å². The molecule has 1 N–H and O–H groups in total. The molecule has 5 heteroatoms. The summed E-state index contributed by atoms with van der Waals surface area (Å²) in [6.07, 6.45) is 0. The molecular formula is C13H17BrN2O2. The van der Waals surface area contributed by atoms with Crippen LogP contribution in [0.25, 0.3) is 0 Å². The zero-order valence-electron chi connectivity index (χ0n) is 10.5. The number of benzene rings is 1. The average Bonchev–Trinajstić information content (AvgIpc) is 2.85. The molecular weight excluding hydrogens is 296 g/mol. The highest BCUT2D eigenvalue weighted by Gasteiger charge is 2.22. The van der Waals surface area contributed by atoms with Gasteiger partial charge in [-0.25, -0.2) is 0 Å². The summed E-state index contributed by atoms with van der Waals surface area (Å²) in [6.45, 7) is 7.69. The maximum Gasteiger partial charge on any atom is 0.231 e. The first-order valence-electron chi connectivity index (χ1n) is 6.26. The van der Waals surface area contributed by atoms with Gasteiger partial charge in [-0.15, -0.1) is 0 Å². The van der Waals surface area contributed by atoms with Crippen molar-refractivity contribution in [3.63, 3.8) is 0 Å². The van der Waals surface area contributed by atoms with Crippen molar-refractivity contribution >= 4 is 15.9 Å². The molecule has 2 aliphatic heterocycles. The number of fused-ring (bicyclic) bond motifs is 1. The third-order valence-corrected chi connectivity index (χ3v) is 4.61. The number of hydrogen-bond donors (Lipinski definition) is 1. The van der Waals surface area contributed by atoms with Gasteiger partial charge >= 0.3 is 0 Å². The molecule has 1 fully saturated rings. The Morgan fingerprint density at radius 2 is 2.11 bits per heavy atom. The van der Waals surface area contributed by atoms with E-state index in [2.05, 4.69) is 39.1 Å². The monoisotopic (exact) mass is 312 g/mol. The van der Waals surface area contributed by atoms with Gasteiger partial charge in [0.2, 0.25) is 6.79 Å². The summed E-state index contributed by atoms with van der Waals surface area (Å²) in [5, 5.41) is 3.37. The standard InChI is InChI=1S/C13H17BrN2O2/c1-9-12(14)10(6-11-13(9)18-8-17-11)7-16-4-2-15-3-5-16/h6,15H,2-5,7-8H2,1H3. The Labute approximate surface area is 115 Å². The number of nitrogens with zero attached hydrogens (tertiary/aromatic N) is 1. The molecule has 3 rings (SSSR count). The van der Waals surface area contributed by atoms with Crippen molar-refractivity contribution < 1.29 is 9.47 Å². The van der Waals surface area contributed by atoms with Gasteiger partial charge in [-0.2, -0.15) is 0 Å². The molecule has 1 aromatic carbocycles. The van der Waals surface area contributed by atoms with E-state index in [0.29, 0.717) is 6.79 Å². The molecule has 4 nitrogen and oxygen atoms in total. The van der Waals surface area contributed by atoms with Gasteiger partial charge < -0.3 is 14.8 Å². The molecule has 1 aromatic rings. The van der Waals surface area contributed by atoms with Gasteiger partial charge in [-0.05, 0) is 18.6 Å². The predicted octanol–water partition coefficient (Wildman–Crippen LogP) is 1.89. The number of ether oxygens (including phenoxy) is 2. The smallest absolute Gasteiger partial charge is 0.231 e. The fourth-order valence-electron chi connectivity index (χ4n) is 2.48. The summed E-state index contributed by atoms with van der Waals surface area (Å²) in [5.74, 6) is 1.76. The van der Waals surface area contributed by atoms with Crippen LogP contribution in [0, 0.1) is 6.92 Å². The molecule has 0 unspecified atom stereocenters. The van der Waals surface area contributed by atoms with E-state index in [1.54, 1.807) is 0 Å². The maximum absolute atomic E-state index is 5.49. The summed E-state index contributed by atoms with van der Waals surface area (Å²) in [5.41, 5.74) is 2.41. The van der Waals surface area contributed by atoms with E-state index < -0.39 is 0 Å². The summed E-state index contributed by atoms with van der Waals surface area (Å²) in [4.78, 5) is 2.46. The summed E-state index contributed by atoms with van der Waals surface area (Å²) >= 11 is 3.68. The van der Waals surface area contributed by atoms with E-state index >= 15 is 0 Å². The fraction of sp³-hybridized carbons (Fsp3) is 0.538. The number of nitrogens with one attached hydrogen (secondary N) is 1. The zero-order chi connectivity index (χ0) is 12.5. The van der Waals surface area contributed by atoms with Gasteiger partial charge in [-0.3, -0.25) is 4.90 Å². The third-order valence-electron chi connectivity index (χ3n) is 3.50. The van der Waals surface area contributed by atoms with Crippen LogP contribution >= 0.6 is 15.9 Å². The molecule has 0 radical (unpaired) electrons. The van der Waals surface area contributed by atoms with Gasteiger partial charge in [0.25, 0.3) is 0 Å². The Balaban J connectivity index is 1.85. The SMILES string of the molecule is Cc1c(Br)c(CN2CCNCC2)cc2c1OCO2. The molecule has 0 bridgehead atoms. The van der Waals surface area contributed by atoms with Gasteiger partial charge in [0, 0.05) is 42.8 Å². The second kappa shape index (κ2) is 5.07. The minimum absolute atomic E-state index is 0.333. The summed E-state index contributed by atoms with van der Waals surface area (Å²) in [7, 11) is 0. The first kappa shape index (κ1) is 12.3. The summed E-state index contributed by atoms with van der Waals surface area (Å²) in [6, 6.07) is 2.10. The lowest BCUT2D eigenvalue weighted by Crippen LogP contribution is -2.42. The topological polar surface area (TPSA) is 33.7 Å². The number of halogens is 1. The fourth-order valence-corrected chi connectivity index (χ4v) is 2.90. The third kappa shape index (κ3) is 2.22. The lowest BCUT2D eigenvalue weighted by molar-refractivity contribution is 0.173. The Morgan fingerprint density at radius 1 is 1.33 bits per heavy atom. The van der Waals surface area contributed by atoms with Crippen molar-refractivity contribution in [3.8, 4) is 11.5 Å². The van der Waals surface area contributed by atoms with Crippen LogP contribution in [0.1, 0.15) is 11.1 Å². The molecule has 0 aromatic heterocycles. The molecule has 1 saturated heterocycles. The molecule has 98 valence electrons. The molecule has 0 aliphatic carbocycles. The maximum atomic E-state index is 5.49. The van der Waals surface area contributed by atoms with Gasteiger partial charge in [0.1, 0.15) is 0 Å². The van der Waals surface area contributed by atoms with E-state index in [1.807, 2.05) is 0 Å². The van der Waals surface area contributed by atoms with Crippen molar-refractivity contribution in [2.45, 2.75) is 13.5 Å². The number of piperazine rings is 1. The molecule has 18 heavy (non-hydrogen) atoms. The van der Waals surface area contributed by atoms with E-state index in [4.69, 9.17) is 9.47 Å². The minimum atomic E-state index is 0.333. The zero-order valence-corrected chi connectivity index (χ0v) is 12.0. The number of rotatable bonds is 2. The number of hydrogen-bond acceptors (Lipinski definition) is 4. The first-order chi connectivity index (χ1) is 8.75. The van der Waals surface area contributed by atoms with E-state index in [-0.39, 0.29) is 0 Å². The van der Waals surface area contributed by atoms with Crippen LogP contribution in [-0.2, 0) is 6.54 Å². The molecule has 0 amide bonds. The van der Waals surface area contributed by atoms with E-state index in [1.165, 1.54) is 5.56 Å². The van der Waals surface area contributed by atoms with Crippen LogP contribution in [-0.4, -0.2) is 37.9 Å². The predicted molar refractivity (Wildman–Crippen MR) is 73.1 cm³/mol. The molecule has 2 aliphatic rings. The van der Waals surface area contributed by atoms with Gasteiger partial charge in [-0.1, -0.05) is 15.9 Å². The van der Waals surface area contributed by atoms with Crippen molar-refractivity contribution in [2.24, 2.45) is 0 Å². The van der Waals surface area contributed by atoms with E-state index in [0.717, 1.165) is 54.3 Å². The largest absolute Gasteiger partial charge is 0.454 e. The van der Waals surface area contributed by atoms with Crippen LogP contribution in [0.4, 0.5) is 0 Å². The Morgan fingerprint density at radius 3 is 2.89 bits per heavy atom. The van der Waals surface area contributed by atoms with Crippen molar-refractivity contribution in [3.05, 3.63) is 21.7 Å². The van der Waals surface area contributed by atoms with Crippen LogP contribution in [0.2, 0.25) is 0 Å². The Hall–Kier alpha value is -0.780. The molecule has 0 saturated carbocycles. The van der Waals surface area contributed by atoms with Gasteiger partial charge in [0.15, 0.2) is 11.5 Å². The molecule has 0 spiro atoms. The Kier molecular flexibility index (Phi) is 3.46. The lowest BCUT2D eigenvalue weighted by atomic mass is 10.1. The van der Waals surface area contributed by atoms with Crippen molar-refractivity contribution in [1.29, 1.82) is 0 Å². The average molecular weight is 313 g/mol. The van der Waals surface area contributed by atoms with Crippen LogP contribution in [0.3, 0.4) is 0 Å². The molecule has 2 heterocycles. The highest BCUT2D eigenvalue weighted by molar-refractivity contribution is 9.10. The normalized spacial score (nSPS) is 19.2. The van der Waals surface area contributed by atoms with Crippen molar-refractivity contribution in [2.75, 3.05) is 33.0 Å². The van der Waals surface area contributed by atoms with Crippen molar-refractivity contribution in [1.82, 2.24) is 10.2 Å². The summed E-state index contributed by atoms with van der Waals surface area (Å²) < 4.78 is 12.1. The second-order valence-electron chi connectivity index (χ2n) is 4.73. The highest BCUT2D eigenvalue weighted by atomic mass is 79.9. The van der Waals surface area contributed by atoms with Crippen LogP contribution < -0.4 is 14.8 Å². The minimum Gasteiger partial charge on any atom is -0.454 e. The highest BCUT2D eigenvalue weighted by Crippen LogP contribution is 2.41. The van der Waals surface area contributed by atoms with Crippen LogP contribution in [0.5, 0.6) is 11.5 Å². The van der Waals surface area contributed by atoms with Crippen LogP contribution in [0.15, 0.2) is 10.5 Å². The first-order valence-corrected chi connectivity index (χ1v) is 7.05.